The van der Waals surface area contributed by atoms with E-state index >= 15 is 0 Å². The molecule has 0 radical (unpaired) electrons. The van der Waals surface area contributed by atoms with Gasteiger partial charge in [0.05, 0.1) is 11.1 Å². The highest BCUT2D eigenvalue weighted by molar-refractivity contribution is 6.30. The molecule has 1 aliphatic carbocycles. The van der Waals surface area contributed by atoms with Crippen LogP contribution in [-0.4, -0.2) is 17.8 Å². The van der Waals surface area contributed by atoms with Crippen molar-refractivity contribution in [1.29, 1.82) is 0 Å². The van der Waals surface area contributed by atoms with Crippen LogP contribution < -0.4 is 5.73 Å². The van der Waals surface area contributed by atoms with Crippen molar-refractivity contribution in [2.75, 3.05) is 6.54 Å². The monoisotopic (exact) mass is 299 g/mol. The van der Waals surface area contributed by atoms with Crippen LogP contribution in [0.1, 0.15) is 38.7 Å². The molecule has 2 nitrogen and oxygen atoms in total. The quantitative estimate of drug-likeness (QED) is 0.897. The second-order valence-electron chi connectivity index (χ2n) is 6.70. The third-order valence-electron chi connectivity index (χ3n) is 4.80. The van der Waals surface area contributed by atoms with E-state index in [0.717, 1.165) is 19.3 Å². The maximum Gasteiger partial charge on any atom is 0.144 e. The second-order valence-corrected chi connectivity index (χ2v) is 7.11. The van der Waals surface area contributed by atoms with Gasteiger partial charge in [-0.2, -0.15) is 0 Å². The van der Waals surface area contributed by atoms with Crippen LogP contribution in [0.5, 0.6) is 0 Å². The number of halogens is 2. The highest BCUT2D eigenvalue weighted by Crippen LogP contribution is 2.48. The van der Waals surface area contributed by atoms with Crippen molar-refractivity contribution in [2.24, 2.45) is 16.6 Å². The fourth-order valence-electron chi connectivity index (χ4n) is 3.53. The van der Waals surface area contributed by atoms with Crippen LogP contribution >= 0.6 is 11.6 Å². The minimum absolute atomic E-state index is 0.124. The van der Waals surface area contributed by atoms with Gasteiger partial charge in [0.1, 0.15) is 5.82 Å². The first kappa shape index (κ1) is 15.7. The average molecular weight is 300 g/mol. The zero-order valence-electron chi connectivity index (χ0n) is 12.1. The summed E-state index contributed by atoms with van der Waals surface area (Å²) in [6, 6.07) is 5.01. The predicted molar refractivity (Wildman–Crippen MR) is 80.2 cm³/mol. The average Bonchev–Trinajstić information content (AvgIpc) is 2.40. The van der Waals surface area contributed by atoms with E-state index in [2.05, 4.69) is 13.8 Å². The molecular formula is C16H23ClFNO. The molecule has 0 aliphatic heterocycles. The van der Waals surface area contributed by atoms with E-state index in [9.17, 15) is 9.50 Å². The van der Waals surface area contributed by atoms with Crippen molar-refractivity contribution in [3.8, 4) is 0 Å². The van der Waals surface area contributed by atoms with Crippen LogP contribution in [0.25, 0.3) is 0 Å². The molecule has 0 saturated heterocycles. The molecule has 4 heteroatoms. The maximum atomic E-state index is 14.1. The van der Waals surface area contributed by atoms with Gasteiger partial charge < -0.3 is 10.8 Å². The highest BCUT2D eigenvalue weighted by atomic mass is 35.5. The Morgan fingerprint density at radius 1 is 1.40 bits per heavy atom. The fraction of sp³-hybridized carbons (Fsp3) is 0.625. The Bertz CT molecular complexity index is 491. The molecule has 1 aromatic carbocycles. The molecule has 1 aliphatic rings. The Labute approximate surface area is 125 Å². The van der Waals surface area contributed by atoms with E-state index in [-0.39, 0.29) is 10.4 Å². The van der Waals surface area contributed by atoms with Gasteiger partial charge in [0, 0.05) is 12.0 Å². The van der Waals surface area contributed by atoms with Crippen LogP contribution in [0.3, 0.4) is 0 Å². The predicted octanol–water partition coefficient (Wildman–Crippen LogP) is 3.54. The molecule has 2 atom stereocenters. The first-order chi connectivity index (χ1) is 9.32. The standard InChI is InChI=1S/C16H23ClFNO/c1-15(2)7-4-8-16(10-19,14(15)20)9-11-5-3-6-12(17)13(11)18/h3,5-6,14,20H,4,7-10,19H2,1-2H3. The first-order valence-electron chi connectivity index (χ1n) is 7.13. The third-order valence-corrected chi connectivity index (χ3v) is 5.09. The number of rotatable bonds is 3. The molecule has 1 saturated carbocycles. The summed E-state index contributed by atoms with van der Waals surface area (Å²) in [5.41, 5.74) is 5.86. The molecule has 1 fully saturated rings. The number of nitrogens with two attached hydrogens (primary N) is 1. The van der Waals surface area contributed by atoms with Crippen molar-refractivity contribution >= 4 is 11.6 Å². The SMILES string of the molecule is CC1(C)CCCC(CN)(Cc2cccc(Cl)c2F)C1O. The van der Waals surface area contributed by atoms with Crippen LogP contribution in [0.2, 0.25) is 5.02 Å². The van der Waals surface area contributed by atoms with Gasteiger partial charge in [0.2, 0.25) is 0 Å². The number of aliphatic hydroxyl groups is 1. The van der Waals surface area contributed by atoms with E-state index in [1.54, 1.807) is 12.1 Å². The normalized spacial score (nSPS) is 29.4. The van der Waals surface area contributed by atoms with Gasteiger partial charge in [0.25, 0.3) is 0 Å². The van der Waals surface area contributed by atoms with E-state index in [1.807, 2.05) is 0 Å². The summed E-state index contributed by atoms with van der Waals surface area (Å²) in [4.78, 5) is 0. The van der Waals surface area contributed by atoms with Crippen LogP contribution in [-0.2, 0) is 6.42 Å². The Morgan fingerprint density at radius 2 is 2.10 bits per heavy atom. The van der Waals surface area contributed by atoms with Gasteiger partial charge in [-0.05, 0) is 36.3 Å². The largest absolute Gasteiger partial charge is 0.392 e. The zero-order valence-corrected chi connectivity index (χ0v) is 12.9. The Kier molecular flexibility index (Phi) is 4.43. The molecule has 0 amide bonds. The summed E-state index contributed by atoms with van der Waals surface area (Å²) in [6.45, 7) is 4.45. The summed E-state index contributed by atoms with van der Waals surface area (Å²) in [7, 11) is 0. The summed E-state index contributed by atoms with van der Waals surface area (Å²) in [6.07, 6.45) is 2.69. The van der Waals surface area contributed by atoms with E-state index < -0.39 is 17.3 Å². The molecule has 0 spiro atoms. The molecule has 2 rings (SSSR count). The summed E-state index contributed by atoms with van der Waals surface area (Å²) < 4.78 is 14.1. The fourth-order valence-corrected chi connectivity index (χ4v) is 3.73. The van der Waals surface area contributed by atoms with Gasteiger partial charge in [-0.15, -0.1) is 0 Å². The summed E-state index contributed by atoms with van der Waals surface area (Å²) >= 11 is 5.84. The van der Waals surface area contributed by atoms with Gasteiger partial charge in [0.15, 0.2) is 0 Å². The molecule has 3 N–H and O–H groups in total. The smallest absolute Gasteiger partial charge is 0.144 e. The molecule has 20 heavy (non-hydrogen) atoms. The first-order valence-corrected chi connectivity index (χ1v) is 7.51. The Morgan fingerprint density at radius 3 is 2.75 bits per heavy atom. The van der Waals surface area contributed by atoms with Gasteiger partial charge in [-0.3, -0.25) is 0 Å². The van der Waals surface area contributed by atoms with Crippen molar-refractivity contribution in [1.82, 2.24) is 0 Å². The molecule has 1 aromatic rings. The lowest BCUT2D eigenvalue weighted by Gasteiger charge is -2.49. The lowest BCUT2D eigenvalue weighted by Crippen LogP contribution is -2.53. The molecule has 0 heterocycles. The third kappa shape index (κ3) is 2.72. The van der Waals surface area contributed by atoms with Crippen LogP contribution in [0, 0.1) is 16.6 Å². The second kappa shape index (κ2) is 5.63. The summed E-state index contributed by atoms with van der Waals surface area (Å²) in [5, 5.41) is 10.9. The zero-order chi connectivity index (χ0) is 15.0. The Balaban J connectivity index is 2.34. The van der Waals surface area contributed by atoms with Gasteiger partial charge in [-0.1, -0.05) is 44.0 Å². The number of aliphatic hydroxyl groups excluding tert-OH is 1. The van der Waals surface area contributed by atoms with E-state index in [4.69, 9.17) is 17.3 Å². The number of hydrogen-bond donors (Lipinski definition) is 2. The molecular weight excluding hydrogens is 277 g/mol. The van der Waals surface area contributed by atoms with Gasteiger partial charge >= 0.3 is 0 Å². The van der Waals surface area contributed by atoms with Crippen molar-refractivity contribution in [2.45, 2.75) is 45.6 Å². The Hall–Kier alpha value is -0.640. The minimum Gasteiger partial charge on any atom is -0.392 e. The summed E-state index contributed by atoms with van der Waals surface area (Å²) in [5.74, 6) is -0.391. The van der Waals surface area contributed by atoms with Crippen molar-refractivity contribution < 1.29 is 9.50 Å². The van der Waals surface area contributed by atoms with Crippen molar-refractivity contribution in [3.05, 3.63) is 34.6 Å². The van der Waals surface area contributed by atoms with E-state index in [1.165, 1.54) is 6.07 Å². The molecule has 0 bridgehead atoms. The van der Waals surface area contributed by atoms with Crippen LogP contribution in [0.4, 0.5) is 4.39 Å². The maximum absolute atomic E-state index is 14.1. The number of benzene rings is 1. The lowest BCUT2D eigenvalue weighted by molar-refractivity contribution is -0.0887. The minimum atomic E-state index is -0.535. The van der Waals surface area contributed by atoms with Crippen LogP contribution in [0.15, 0.2) is 18.2 Å². The van der Waals surface area contributed by atoms with Gasteiger partial charge in [-0.25, -0.2) is 4.39 Å². The molecule has 112 valence electrons. The highest BCUT2D eigenvalue weighted by Gasteiger charge is 2.48. The number of hydrogen-bond acceptors (Lipinski definition) is 2. The lowest BCUT2D eigenvalue weighted by atomic mass is 9.59. The molecule has 2 unspecified atom stereocenters. The topological polar surface area (TPSA) is 46.2 Å². The van der Waals surface area contributed by atoms with Crippen molar-refractivity contribution in [3.63, 3.8) is 0 Å². The van der Waals surface area contributed by atoms with E-state index in [0.29, 0.717) is 18.5 Å². The molecule has 0 aromatic heterocycles.